The Bertz CT molecular complexity index is 418. The van der Waals surface area contributed by atoms with E-state index in [1.807, 2.05) is 37.4 Å². The van der Waals surface area contributed by atoms with Crippen LogP contribution in [0.15, 0.2) is 30.3 Å². The largest absolute Gasteiger partial charge is 0.461 e. The number of ether oxygens (including phenoxy) is 1. The Kier molecular flexibility index (Phi) is 5.60. The Morgan fingerprint density at radius 1 is 1.35 bits per heavy atom. The molecule has 1 saturated carbocycles. The molecule has 1 aliphatic rings. The molecular weight excluding hydrogens is 250 g/mol. The molecule has 0 aliphatic heterocycles. The van der Waals surface area contributed by atoms with Crippen LogP contribution in [0.2, 0.25) is 0 Å². The number of carbonyl (C=O) groups excluding carboxylic acids is 1. The predicted octanol–water partition coefficient (Wildman–Crippen LogP) is 2.94. The van der Waals surface area contributed by atoms with Gasteiger partial charge in [-0.25, -0.2) is 0 Å². The molecule has 0 bridgehead atoms. The van der Waals surface area contributed by atoms with Gasteiger partial charge in [-0.1, -0.05) is 43.7 Å². The van der Waals surface area contributed by atoms with Crippen molar-refractivity contribution in [3.05, 3.63) is 35.9 Å². The summed E-state index contributed by atoms with van der Waals surface area (Å²) in [5, 5.41) is 3.08. The Hall–Kier alpha value is -1.35. The first-order chi connectivity index (χ1) is 9.69. The Morgan fingerprint density at radius 3 is 2.75 bits per heavy atom. The van der Waals surface area contributed by atoms with E-state index in [0.717, 1.165) is 18.4 Å². The number of carbonyl (C=O) groups is 1. The van der Waals surface area contributed by atoms with E-state index in [4.69, 9.17) is 4.74 Å². The molecule has 0 spiro atoms. The summed E-state index contributed by atoms with van der Waals surface area (Å²) in [6.45, 7) is 2.24. The second-order valence-electron chi connectivity index (χ2n) is 5.86. The van der Waals surface area contributed by atoms with E-state index in [0.29, 0.717) is 12.3 Å². The van der Waals surface area contributed by atoms with Crippen molar-refractivity contribution < 1.29 is 9.53 Å². The van der Waals surface area contributed by atoms with Gasteiger partial charge in [0.25, 0.3) is 0 Å². The first-order valence-corrected chi connectivity index (χ1v) is 7.60. The van der Waals surface area contributed by atoms with Gasteiger partial charge in [0.05, 0.1) is 0 Å². The minimum Gasteiger partial charge on any atom is -0.461 e. The topological polar surface area (TPSA) is 38.3 Å². The Morgan fingerprint density at radius 2 is 2.10 bits per heavy atom. The van der Waals surface area contributed by atoms with Gasteiger partial charge in [-0.15, -0.1) is 0 Å². The van der Waals surface area contributed by atoms with Crippen molar-refractivity contribution in [1.29, 1.82) is 0 Å². The first-order valence-electron chi connectivity index (χ1n) is 7.60. The summed E-state index contributed by atoms with van der Waals surface area (Å²) in [6, 6.07) is 9.81. The van der Waals surface area contributed by atoms with E-state index in [2.05, 4.69) is 12.2 Å². The minimum absolute atomic E-state index is 0.109. The highest BCUT2D eigenvalue weighted by molar-refractivity contribution is 5.76. The summed E-state index contributed by atoms with van der Waals surface area (Å²) < 4.78 is 5.69. The number of likely N-dealkylation sites (N-methyl/N-ethyl adjacent to an activating group) is 1. The molecule has 1 aromatic carbocycles. The van der Waals surface area contributed by atoms with Crippen LogP contribution in [0, 0.1) is 5.92 Å². The summed E-state index contributed by atoms with van der Waals surface area (Å²) in [5.41, 5.74) is 1.15. The lowest BCUT2D eigenvalue weighted by atomic mass is 9.88. The first kappa shape index (κ1) is 15.0. The molecule has 0 radical (unpaired) electrons. The highest BCUT2D eigenvalue weighted by Crippen LogP contribution is 2.26. The quantitative estimate of drug-likeness (QED) is 0.840. The summed E-state index contributed by atoms with van der Waals surface area (Å²) in [5.74, 6) is 0.555. The number of hydrogen-bond acceptors (Lipinski definition) is 3. The maximum absolute atomic E-state index is 12.3. The lowest BCUT2D eigenvalue weighted by Crippen LogP contribution is -2.40. The summed E-state index contributed by atoms with van der Waals surface area (Å²) >= 11 is 0. The highest BCUT2D eigenvalue weighted by Gasteiger charge is 2.26. The van der Waals surface area contributed by atoms with Crippen LogP contribution in [-0.2, 0) is 16.0 Å². The van der Waals surface area contributed by atoms with Crippen LogP contribution in [0.4, 0.5) is 0 Å². The van der Waals surface area contributed by atoms with E-state index in [1.54, 1.807) is 0 Å². The average Bonchev–Trinajstić information content (AvgIpc) is 2.45. The van der Waals surface area contributed by atoms with Crippen molar-refractivity contribution >= 4 is 5.97 Å². The van der Waals surface area contributed by atoms with Crippen molar-refractivity contribution in [2.24, 2.45) is 5.92 Å². The smallest absolute Gasteiger partial charge is 0.323 e. The predicted molar refractivity (Wildman–Crippen MR) is 80.5 cm³/mol. The van der Waals surface area contributed by atoms with Crippen molar-refractivity contribution in [3.63, 3.8) is 0 Å². The van der Waals surface area contributed by atoms with E-state index >= 15 is 0 Å². The molecule has 2 rings (SSSR count). The maximum atomic E-state index is 12.3. The van der Waals surface area contributed by atoms with E-state index in [1.165, 1.54) is 12.8 Å². The van der Waals surface area contributed by atoms with Crippen molar-refractivity contribution in [2.45, 2.75) is 51.2 Å². The van der Waals surface area contributed by atoms with Gasteiger partial charge in [0.15, 0.2) is 0 Å². The third kappa shape index (κ3) is 4.34. The molecule has 110 valence electrons. The molecule has 3 atom stereocenters. The van der Waals surface area contributed by atoms with Crippen LogP contribution >= 0.6 is 0 Å². The van der Waals surface area contributed by atoms with Gasteiger partial charge in [-0.05, 0) is 44.2 Å². The molecule has 3 nitrogen and oxygen atoms in total. The number of esters is 1. The third-order valence-electron chi connectivity index (χ3n) is 4.09. The van der Waals surface area contributed by atoms with Gasteiger partial charge in [0, 0.05) is 0 Å². The van der Waals surface area contributed by atoms with Gasteiger partial charge in [0.1, 0.15) is 12.1 Å². The summed E-state index contributed by atoms with van der Waals surface area (Å²) in [4.78, 5) is 12.3. The number of hydrogen-bond donors (Lipinski definition) is 1. The van der Waals surface area contributed by atoms with Crippen LogP contribution in [0.3, 0.4) is 0 Å². The molecule has 0 saturated heterocycles. The fourth-order valence-electron chi connectivity index (χ4n) is 2.88. The van der Waals surface area contributed by atoms with Crippen molar-refractivity contribution in [2.75, 3.05) is 7.05 Å². The summed E-state index contributed by atoms with van der Waals surface area (Å²) in [7, 11) is 1.82. The van der Waals surface area contributed by atoms with E-state index in [-0.39, 0.29) is 18.1 Å². The SMILES string of the molecule is CNC(Cc1ccccc1)C(=O)OC1CCCC(C)C1. The lowest BCUT2D eigenvalue weighted by molar-refractivity contribution is -0.153. The van der Waals surface area contributed by atoms with Gasteiger partial charge in [0.2, 0.25) is 0 Å². The Balaban J connectivity index is 1.88. The molecule has 0 aromatic heterocycles. The zero-order chi connectivity index (χ0) is 14.4. The van der Waals surface area contributed by atoms with E-state index < -0.39 is 0 Å². The van der Waals surface area contributed by atoms with Crippen LogP contribution in [0.25, 0.3) is 0 Å². The second-order valence-corrected chi connectivity index (χ2v) is 5.86. The number of rotatable bonds is 5. The fourth-order valence-corrected chi connectivity index (χ4v) is 2.88. The van der Waals surface area contributed by atoms with Gasteiger partial charge in [-0.3, -0.25) is 4.79 Å². The average molecular weight is 275 g/mol. The molecule has 0 heterocycles. The number of nitrogens with one attached hydrogen (secondary N) is 1. The molecule has 1 aliphatic carbocycles. The minimum atomic E-state index is -0.255. The van der Waals surface area contributed by atoms with Gasteiger partial charge in [-0.2, -0.15) is 0 Å². The molecule has 20 heavy (non-hydrogen) atoms. The Labute approximate surface area is 121 Å². The van der Waals surface area contributed by atoms with Crippen LogP contribution in [0.1, 0.15) is 38.2 Å². The molecule has 0 amide bonds. The van der Waals surface area contributed by atoms with Gasteiger partial charge >= 0.3 is 5.97 Å². The second kappa shape index (κ2) is 7.44. The lowest BCUT2D eigenvalue weighted by Gasteiger charge is -2.28. The van der Waals surface area contributed by atoms with Crippen molar-refractivity contribution in [3.8, 4) is 0 Å². The molecular formula is C17H25NO2. The van der Waals surface area contributed by atoms with E-state index in [9.17, 15) is 4.79 Å². The normalized spacial score (nSPS) is 24.1. The number of benzene rings is 1. The third-order valence-corrected chi connectivity index (χ3v) is 4.09. The fraction of sp³-hybridized carbons (Fsp3) is 0.588. The molecule has 3 unspecified atom stereocenters. The maximum Gasteiger partial charge on any atom is 0.323 e. The van der Waals surface area contributed by atoms with Crippen molar-refractivity contribution in [1.82, 2.24) is 5.32 Å². The van der Waals surface area contributed by atoms with Crippen LogP contribution in [0.5, 0.6) is 0 Å². The molecule has 1 fully saturated rings. The van der Waals surface area contributed by atoms with Crippen LogP contribution in [-0.4, -0.2) is 25.2 Å². The van der Waals surface area contributed by atoms with Gasteiger partial charge < -0.3 is 10.1 Å². The molecule has 1 aromatic rings. The monoisotopic (exact) mass is 275 g/mol. The standard InChI is InChI=1S/C17H25NO2/c1-13-7-6-10-15(11-13)20-17(19)16(18-2)12-14-8-4-3-5-9-14/h3-5,8-9,13,15-16,18H,6-7,10-12H2,1-2H3. The summed E-state index contributed by atoms with van der Waals surface area (Å²) in [6.07, 6.45) is 5.23. The van der Waals surface area contributed by atoms with Crippen LogP contribution < -0.4 is 5.32 Å². The highest BCUT2D eigenvalue weighted by atomic mass is 16.5. The molecule has 3 heteroatoms. The zero-order valence-electron chi connectivity index (χ0n) is 12.5. The molecule has 1 N–H and O–H groups in total. The zero-order valence-corrected chi connectivity index (χ0v) is 12.5.